The highest BCUT2D eigenvalue weighted by Crippen LogP contribution is 2.21. The molecule has 3 heterocycles. The van der Waals surface area contributed by atoms with E-state index in [2.05, 4.69) is 15.3 Å². The second-order valence-corrected chi connectivity index (χ2v) is 7.43. The zero-order chi connectivity index (χ0) is 20.4. The summed E-state index contributed by atoms with van der Waals surface area (Å²) in [6.07, 6.45) is 2.96. The number of carbonyl (C=O) groups excluding carboxylic acids is 2. The Bertz CT molecular complexity index is 1030. The first-order valence-corrected chi connectivity index (χ1v) is 9.69. The van der Waals surface area contributed by atoms with E-state index in [0.717, 1.165) is 16.5 Å². The topological polar surface area (TPSA) is 91.2 Å². The van der Waals surface area contributed by atoms with Crippen LogP contribution >= 0.6 is 0 Å². The molecule has 152 valence electrons. The molecule has 0 aliphatic carbocycles. The van der Waals surface area contributed by atoms with Crippen molar-refractivity contribution in [3.63, 3.8) is 0 Å². The molecule has 1 aliphatic heterocycles. The van der Waals surface area contributed by atoms with E-state index in [9.17, 15) is 14.0 Å². The SMILES string of the molecule is Cc1ncoc1C(=O)N[C@H]1C[C@@H](F)CN(C(=O)CCc2c[nH]c3ccccc23)C1. The fraction of sp³-hybridized carbons (Fsp3) is 0.381. The van der Waals surface area contributed by atoms with Gasteiger partial charge < -0.3 is 19.6 Å². The molecule has 1 aromatic carbocycles. The van der Waals surface area contributed by atoms with Crippen LogP contribution in [-0.4, -0.2) is 52.0 Å². The molecule has 4 rings (SSSR count). The molecule has 0 unspecified atom stereocenters. The van der Waals surface area contributed by atoms with Gasteiger partial charge in [-0.25, -0.2) is 9.37 Å². The van der Waals surface area contributed by atoms with Crippen LogP contribution in [-0.2, 0) is 11.2 Å². The Morgan fingerprint density at radius 3 is 2.97 bits per heavy atom. The van der Waals surface area contributed by atoms with Crippen molar-refractivity contribution >= 4 is 22.7 Å². The summed E-state index contributed by atoms with van der Waals surface area (Å²) in [6.45, 7) is 2.00. The second-order valence-electron chi connectivity index (χ2n) is 7.43. The number of rotatable bonds is 5. The van der Waals surface area contributed by atoms with Gasteiger partial charge >= 0.3 is 0 Å². The fourth-order valence-electron chi connectivity index (χ4n) is 3.85. The summed E-state index contributed by atoms with van der Waals surface area (Å²) < 4.78 is 19.3. The van der Waals surface area contributed by atoms with Gasteiger partial charge in [0, 0.05) is 42.5 Å². The summed E-state index contributed by atoms with van der Waals surface area (Å²) in [6, 6.07) is 7.46. The molecule has 3 aromatic rings. The lowest BCUT2D eigenvalue weighted by molar-refractivity contribution is -0.133. The minimum absolute atomic E-state index is 0.0560. The number of benzene rings is 1. The molecule has 0 saturated carbocycles. The van der Waals surface area contributed by atoms with E-state index in [0.29, 0.717) is 12.1 Å². The van der Waals surface area contributed by atoms with Crippen molar-refractivity contribution in [2.45, 2.75) is 38.4 Å². The van der Waals surface area contributed by atoms with Crippen molar-refractivity contribution in [2.75, 3.05) is 13.1 Å². The third kappa shape index (κ3) is 4.16. The maximum Gasteiger partial charge on any atom is 0.289 e. The quantitative estimate of drug-likeness (QED) is 0.691. The zero-order valence-corrected chi connectivity index (χ0v) is 16.2. The van der Waals surface area contributed by atoms with E-state index < -0.39 is 18.1 Å². The summed E-state index contributed by atoms with van der Waals surface area (Å²) in [7, 11) is 0. The molecule has 7 nitrogen and oxygen atoms in total. The van der Waals surface area contributed by atoms with Gasteiger partial charge in [-0.1, -0.05) is 18.2 Å². The average molecular weight is 398 g/mol. The number of fused-ring (bicyclic) bond motifs is 1. The van der Waals surface area contributed by atoms with Crippen LogP contribution in [0.25, 0.3) is 10.9 Å². The van der Waals surface area contributed by atoms with Crippen molar-refractivity contribution in [3.05, 3.63) is 53.9 Å². The Morgan fingerprint density at radius 2 is 2.17 bits per heavy atom. The van der Waals surface area contributed by atoms with E-state index in [1.807, 2.05) is 30.5 Å². The standard InChI is InChI=1S/C21H23FN4O3/c1-13-20(29-12-24-13)21(28)25-16-8-15(22)10-26(11-16)19(27)7-6-14-9-23-18-5-3-2-4-17(14)18/h2-5,9,12,15-16,23H,6-8,10-11H2,1H3,(H,25,28)/t15-,16+/m1/s1. The van der Waals surface area contributed by atoms with Crippen molar-refractivity contribution in [2.24, 2.45) is 0 Å². The number of H-pyrrole nitrogens is 1. The lowest BCUT2D eigenvalue weighted by Crippen LogP contribution is -2.53. The van der Waals surface area contributed by atoms with Crippen LogP contribution in [0.1, 0.15) is 34.7 Å². The van der Waals surface area contributed by atoms with Crippen LogP contribution in [0.4, 0.5) is 4.39 Å². The molecule has 29 heavy (non-hydrogen) atoms. The maximum atomic E-state index is 14.3. The Kier molecular flexibility index (Phi) is 5.33. The van der Waals surface area contributed by atoms with Gasteiger partial charge in [-0.05, 0) is 25.0 Å². The number of aromatic nitrogens is 2. The molecule has 2 aromatic heterocycles. The van der Waals surface area contributed by atoms with Crippen molar-refractivity contribution in [1.29, 1.82) is 0 Å². The molecule has 1 fully saturated rings. The number of hydrogen-bond acceptors (Lipinski definition) is 4. The van der Waals surface area contributed by atoms with E-state index in [1.165, 1.54) is 11.3 Å². The first-order chi connectivity index (χ1) is 14.0. The molecular formula is C21H23FN4O3. The average Bonchev–Trinajstić information content (AvgIpc) is 3.31. The number of alkyl halides is 1. The van der Waals surface area contributed by atoms with Crippen LogP contribution in [0.3, 0.4) is 0 Å². The molecule has 2 N–H and O–H groups in total. The molecule has 1 saturated heterocycles. The molecule has 0 spiro atoms. The molecule has 0 bridgehead atoms. The summed E-state index contributed by atoms with van der Waals surface area (Å²) in [5, 5.41) is 3.85. The molecule has 2 amide bonds. The lowest BCUT2D eigenvalue weighted by Gasteiger charge is -2.35. The number of likely N-dealkylation sites (tertiary alicyclic amines) is 1. The Morgan fingerprint density at radius 1 is 1.34 bits per heavy atom. The number of para-hydroxylation sites is 1. The number of carbonyl (C=O) groups is 2. The van der Waals surface area contributed by atoms with Crippen molar-refractivity contribution < 1.29 is 18.4 Å². The Hall–Kier alpha value is -3.16. The van der Waals surface area contributed by atoms with E-state index >= 15 is 0 Å². The monoisotopic (exact) mass is 398 g/mol. The van der Waals surface area contributed by atoms with Gasteiger partial charge in [-0.15, -0.1) is 0 Å². The van der Waals surface area contributed by atoms with Crippen molar-refractivity contribution in [1.82, 2.24) is 20.2 Å². The minimum Gasteiger partial charge on any atom is -0.438 e. The molecule has 1 aliphatic rings. The third-order valence-electron chi connectivity index (χ3n) is 5.32. The number of amides is 2. The lowest BCUT2D eigenvalue weighted by atomic mass is 10.0. The van der Waals surface area contributed by atoms with Gasteiger partial charge in [0.15, 0.2) is 6.39 Å². The van der Waals surface area contributed by atoms with Gasteiger partial charge in [0.25, 0.3) is 5.91 Å². The normalized spacial score (nSPS) is 19.4. The number of piperidine rings is 1. The largest absolute Gasteiger partial charge is 0.438 e. The first-order valence-electron chi connectivity index (χ1n) is 9.69. The number of aryl methyl sites for hydroxylation is 2. The van der Waals surface area contributed by atoms with Crippen LogP contribution in [0.15, 0.2) is 41.3 Å². The predicted molar refractivity (Wildman–Crippen MR) is 105 cm³/mol. The number of aromatic amines is 1. The van der Waals surface area contributed by atoms with E-state index in [1.54, 1.807) is 6.92 Å². The Balaban J connectivity index is 1.36. The first kappa shape index (κ1) is 19.2. The Labute approximate surface area is 167 Å². The summed E-state index contributed by atoms with van der Waals surface area (Å²) in [4.78, 5) is 33.6. The van der Waals surface area contributed by atoms with E-state index in [4.69, 9.17) is 4.42 Å². The molecule has 2 atom stereocenters. The highest BCUT2D eigenvalue weighted by Gasteiger charge is 2.31. The van der Waals surface area contributed by atoms with Crippen molar-refractivity contribution in [3.8, 4) is 0 Å². The third-order valence-corrected chi connectivity index (χ3v) is 5.32. The van der Waals surface area contributed by atoms with Crippen LogP contribution in [0.5, 0.6) is 0 Å². The zero-order valence-electron chi connectivity index (χ0n) is 16.2. The van der Waals surface area contributed by atoms with E-state index in [-0.39, 0.29) is 37.6 Å². The number of hydrogen-bond donors (Lipinski definition) is 2. The van der Waals surface area contributed by atoms with Gasteiger partial charge in [-0.3, -0.25) is 9.59 Å². The summed E-state index contributed by atoms with van der Waals surface area (Å²) in [5.41, 5.74) is 2.57. The van der Waals surface area contributed by atoms with Gasteiger partial charge in [0.2, 0.25) is 11.7 Å². The second kappa shape index (κ2) is 8.06. The van der Waals surface area contributed by atoms with Crippen LogP contribution < -0.4 is 5.32 Å². The van der Waals surface area contributed by atoms with Crippen LogP contribution in [0.2, 0.25) is 0 Å². The smallest absolute Gasteiger partial charge is 0.289 e. The summed E-state index contributed by atoms with van der Waals surface area (Å²) in [5.74, 6) is -0.443. The van der Waals surface area contributed by atoms with Gasteiger partial charge in [0.1, 0.15) is 6.17 Å². The number of nitrogens with one attached hydrogen (secondary N) is 2. The highest BCUT2D eigenvalue weighted by molar-refractivity contribution is 5.92. The molecule has 8 heteroatoms. The van der Waals surface area contributed by atoms with Gasteiger partial charge in [-0.2, -0.15) is 0 Å². The number of nitrogens with zero attached hydrogens (tertiary/aromatic N) is 2. The number of oxazole rings is 1. The maximum absolute atomic E-state index is 14.3. The number of halogens is 1. The molecular weight excluding hydrogens is 375 g/mol. The molecule has 0 radical (unpaired) electrons. The predicted octanol–water partition coefficient (Wildman–Crippen LogP) is 2.77. The summed E-state index contributed by atoms with van der Waals surface area (Å²) >= 11 is 0. The van der Waals surface area contributed by atoms with Crippen LogP contribution in [0, 0.1) is 6.92 Å². The van der Waals surface area contributed by atoms with Gasteiger partial charge in [0.05, 0.1) is 12.2 Å². The fourth-order valence-corrected chi connectivity index (χ4v) is 3.85. The highest BCUT2D eigenvalue weighted by atomic mass is 19.1. The minimum atomic E-state index is -1.18.